The van der Waals surface area contributed by atoms with Crippen LogP contribution in [-0.4, -0.2) is 42.3 Å². The van der Waals surface area contributed by atoms with E-state index in [1.54, 1.807) is 47.1 Å². The van der Waals surface area contributed by atoms with Gasteiger partial charge < -0.3 is 19.4 Å². The molecule has 0 saturated heterocycles. The fraction of sp³-hybridized carbons (Fsp3) is 0.308. The van der Waals surface area contributed by atoms with E-state index < -0.39 is 11.7 Å². The van der Waals surface area contributed by atoms with Gasteiger partial charge in [0.15, 0.2) is 0 Å². The summed E-state index contributed by atoms with van der Waals surface area (Å²) in [5.74, 6) is 0.171. The molecular formula is C26H26BrFN2O4S. The van der Waals surface area contributed by atoms with Crippen LogP contribution in [0.4, 0.5) is 9.18 Å². The molecule has 184 valence electrons. The van der Waals surface area contributed by atoms with Gasteiger partial charge in [0.1, 0.15) is 21.9 Å². The third-order valence-corrected chi connectivity index (χ3v) is 7.14. The average molecular weight is 561 g/mol. The topological polar surface area (TPSA) is 71.6 Å². The number of nitrogens with one attached hydrogen (secondary N) is 1. The van der Waals surface area contributed by atoms with Crippen LogP contribution in [0.15, 0.2) is 45.0 Å². The van der Waals surface area contributed by atoms with Crippen molar-refractivity contribution in [3.05, 3.63) is 61.9 Å². The molecule has 0 saturated carbocycles. The molecule has 1 N–H and O–H groups in total. The quantitative estimate of drug-likeness (QED) is 0.293. The molecule has 0 atom stereocenters. The van der Waals surface area contributed by atoms with Crippen LogP contribution in [0.1, 0.15) is 26.3 Å². The number of rotatable bonds is 5. The highest BCUT2D eigenvalue weighted by Crippen LogP contribution is 2.43. The molecule has 0 spiro atoms. The van der Waals surface area contributed by atoms with Crippen LogP contribution in [0, 0.1) is 5.82 Å². The lowest BCUT2D eigenvalue weighted by Gasteiger charge is -2.24. The van der Waals surface area contributed by atoms with Crippen molar-refractivity contribution >= 4 is 54.3 Å². The van der Waals surface area contributed by atoms with Crippen molar-refractivity contribution in [2.75, 3.05) is 20.7 Å². The normalized spacial score (nSPS) is 11.7. The van der Waals surface area contributed by atoms with E-state index in [0.29, 0.717) is 50.1 Å². The number of fused-ring (bicyclic) bond motifs is 3. The molecule has 1 amide bonds. The summed E-state index contributed by atoms with van der Waals surface area (Å²) in [7, 11) is 3.19. The fourth-order valence-electron chi connectivity index (χ4n) is 3.94. The van der Waals surface area contributed by atoms with Crippen molar-refractivity contribution < 1.29 is 18.7 Å². The first-order valence-corrected chi connectivity index (χ1v) is 12.7. The van der Waals surface area contributed by atoms with Crippen LogP contribution in [0.5, 0.6) is 5.75 Å². The van der Waals surface area contributed by atoms with Gasteiger partial charge in [0.2, 0.25) is 0 Å². The van der Waals surface area contributed by atoms with Gasteiger partial charge >= 0.3 is 6.09 Å². The van der Waals surface area contributed by atoms with Gasteiger partial charge in [-0.05, 0) is 77.8 Å². The van der Waals surface area contributed by atoms with Crippen molar-refractivity contribution in [2.45, 2.75) is 32.8 Å². The minimum atomic E-state index is -0.594. The van der Waals surface area contributed by atoms with Crippen LogP contribution in [-0.2, 0) is 11.2 Å². The molecule has 0 fully saturated rings. The van der Waals surface area contributed by atoms with E-state index in [4.69, 9.17) is 9.47 Å². The predicted octanol–water partition coefficient (Wildman–Crippen LogP) is 6.73. The molecule has 0 aliphatic heterocycles. The maximum absolute atomic E-state index is 15.3. The molecule has 2 aromatic heterocycles. The summed E-state index contributed by atoms with van der Waals surface area (Å²) in [4.78, 5) is 29.1. The van der Waals surface area contributed by atoms with E-state index in [0.717, 1.165) is 10.8 Å². The molecule has 4 aromatic rings. The highest BCUT2D eigenvalue weighted by Gasteiger charge is 2.21. The van der Waals surface area contributed by atoms with Crippen molar-refractivity contribution in [3.8, 4) is 16.9 Å². The number of aromatic amines is 1. The Morgan fingerprint density at radius 2 is 1.97 bits per heavy atom. The number of carbonyl (C=O) groups is 1. The van der Waals surface area contributed by atoms with Crippen molar-refractivity contribution in [1.82, 2.24) is 9.88 Å². The first-order valence-electron chi connectivity index (χ1n) is 11.0. The van der Waals surface area contributed by atoms with Crippen molar-refractivity contribution in [1.29, 1.82) is 0 Å². The first-order chi connectivity index (χ1) is 16.5. The summed E-state index contributed by atoms with van der Waals surface area (Å²) in [6.45, 7) is 5.72. The van der Waals surface area contributed by atoms with Gasteiger partial charge in [0, 0.05) is 34.4 Å². The second-order valence-electron chi connectivity index (χ2n) is 9.26. The number of halogens is 2. The first kappa shape index (κ1) is 25.2. The largest absolute Gasteiger partial charge is 0.496 e. The minimum absolute atomic E-state index is 0.171. The molecule has 2 aromatic carbocycles. The Morgan fingerprint density at radius 1 is 1.23 bits per heavy atom. The standard InChI is InChI=1S/C26H26BrFN2O4S/c1-26(2,3)34-25(32)30(4)10-8-14-6-7-15(12-18(14)28)20-19(33-5)13-17(27)22-21(20)16-9-11-35-23(16)24(31)29-22/h6-7,9,11-13H,8,10H2,1-5H3,(H,29,31). The fourth-order valence-corrected chi connectivity index (χ4v) is 5.24. The number of pyridine rings is 1. The molecule has 0 aliphatic carbocycles. The Hall–Kier alpha value is -2.91. The number of aromatic nitrogens is 1. The molecular weight excluding hydrogens is 535 g/mol. The Balaban J connectivity index is 1.73. The lowest BCUT2D eigenvalue weighted by Crippen LogP contribution is -2.35. The average Bonchev–Trinajstić information content (AvgIpc) is 3.28. The number of hydrogen-bond donors (Lipinski definition) is 1. The number of thiophene rings is 1. The lowest BCUT2D eigenvalue weighted by atomic mass is 9.95. The lowest BCUT2D eigenvalue weighted by molar-refractivity contribution is 0.0300. The van der Waals surface area contributed by atoms with E-state index >= 15 is 4.39 Å². The number of carbonyl (C=O) groups excluding carboxylic acids is 1. The molecule has 9 heteroatoms. The van der Waals surface area contributed by atoms with Crippen LogP contribution in [0.2, 0.25) is 0 Å². The summed E-state index contributed by atoms with van der Waals surface area (Å²) < 4.78 is 27.6. The number of likely N-dealkylation sites (N-methyl/N-ethyl adjacent to an activating group) is 1. The zero-order valence-corrected chi connectivity index (χ0v) is 22.5. The minimum Gasteiger partial charge on any atom is -0.496 e. The third-order valence-electron chi connectivity index (χ3n) is 5.61. The highest BCUT2D eigenvalue weighted by atomic mass is 79.9. The van der Waals surface area contributed by atoms with E-state index in [9.17, 15) is 9.59 Å². The van der Waals surface area contributed by atoms with E-state index in [1.165, 1.54) is 22.3 Å². The number of hydrogen-bond acceptors (Lipinski definition) is 5. The Labute approximate surface area is 214 Å². The highest BCUT2D eigenvalue weighted by molar-refractivity contribution is 9.10. The molecule has 0 bridgehead atoms. The van der Waals surface area contributed by atoms with Gasteiger partial charge in [0.05, 0.1) is 12.6 Å². The summed E-state index contributed by atoms with van der Waals surface area (Å²) >= 11 is 4.89. The van der Waals surface area contributed by atoms with E-state index in [-0.39, 0.29) is 11.4 Å². The number of benzene rings is 2. The zero-order chi connectivity index (χ0) is 25.5. The molecule has 35 heavy (non-hydrogen) atoms. The maximum atomic E-state index is 15.3. The second kappa shape index (κ2) is 9.62. The van der Waals surface area contributed by atoms with Gasteiger partial charge in [-0.2, -0.15) is 0 Å². The SMILES string of the molecule is COc1cc(Br)c2[nH]c(=O)c3sccc3c2c1-c1ccc(CCN(C)C(=O)OC(C)(C)C)c(F)c1. The van der Waals surface area contributed by atoms with Crippen molar-refractivity contribution in [3.63, 3.8) is 0 Å². The van der Waals surface area contributed by atoms with E-state index in [2.05, 4.69) is 20.9 Å². The zero-order valence-electron chi connectivity index (χ0n) is 20.1. The molecule has 6 nitrogen and oxygen atoms in total. The summed E-state index contributed by atoms with van der Waals surface area (Å²) in [6, 6.07) is 8.69. The van der Waals surface area contributed by atoms with Crippen LogP contribution < -0.4 is 10.3 Å². The molecule has 0 unspecified atom stereocenters. The number of methoxy groups -OCH3 is 1. The van der Waals surface area contributed by atoms with Gasteiger partial charge in [-0.1, -0.05) is 12.1 Å². The van der Waals surface area contributed by atoms with Gasteiger partial charge in [0.25, 0.3) is 5.56 Å². The predicted molar refractivity (Wildman–Crippen MR) is 142 cm³/mol. The smallest absolute Gasteiger partial charge is 0.410 e. The van der Waals surface area contributed by atoms with Crippen LogP contribution in [0.25, 0.3) is 32.1 Å². The summed E-state index contributed by atoms with van der Waals surface area (Å²) in [5, 5.41) is 3.43. The summed E-state index contributed by atoms with van der Waals surface area (Å²) in [5.41, 5.74) is 1.67. The van der Waals surface area contributed by atoms with Gasteiger partial charge in [-0.3, -0.25) is 4.79 Å². The number of nitrogens with zero attached hydrogens (tertiary/aromatic N) is 1. The molecule has 4 rings (SSSR count). The van der Waals surface area contributed by atoms with Gasteiger partial charge in [-0.15, -0.1) is 11.3 Å². The second-order valence-corrected chi connectivity index (χ2v) is 11.0. The molecule has 0 aliphatic rings. The third kappa shape index (κ3) is 5.06. The van der Waals surface area contributed by atoms with E-state index in [1.807, 2.05) is 17.5 Å². The number of amides is 1. The molecule has 2 heterocycles. The Morgan fingerprint density at radius 3 is 2.63 bits per heavy atom. The molecule has 0 radical (unpaired) electrons. The summed E-state index contributed by atoms with van der Waals surface area (Å²) in [6.07, 6.45) is -0.114. The monoisotopic (exact) mass is 560 g/mol. The number of ether oxygens (including phenoxy) is 2. The van der Waals surface area contributed by atoms with Crippen molar-refractivity contribution in [2.24, 2.45) is 0 Å². The van der Waals surface area contributed by atoms with Crippen LogP contribution >= 0.6 is 27.3 Å². The maximum Gasteiger partial charge on any atom is 0.410 e. The van der Waals surface area contributed by atoms with Gasteiger partial charge in [-0.25, -0.2) is 9.18 Å². The Kier molecular flexibility index (Phi) is 6.92. The van der Waals surface area contributed by atoms with Crippen LogP contribution in [0.3, 0.4) is 0 Å². The Bertz CT molecular complexity index is 1490. The number of H-pyrrole nitrogens is 1.